The first kappa shape index (κ1) is 17.9. The van der Waals surface area contributed by atoms with Crippen LogP contribution in [0.15, 0.2) is 47.6 Å². The number of carbonyl (C=O) groups excluding carboxylic acids is 1. The lowest BCUT2D eigenvalue weighted by Gasteiger charge is -2.09. The fourth-order valence-corrected chi connectivity index (χ4v) is 2.00. The van der Waals surface area contributed by atoms with Gasteiger partial charge in [0, 0.05) is 6.07 Å². The van der Waals surface area contributed by atoms with Crippen molar-refractivity contribution < 1.29 is 19.3 Å². The number of rotatable bonds is 7. The number of amides is 1. The van der Waals surface area contributed by atoms with Crippen molar-refractivity contribution in [2.75, 3.05) is 19.0 Å². The Morgan fingerprint density at radius 3 is 2.76 bits per heavy atom. The van der Waals surface area contributed by atoms with Crippen LogP contribution in [-0.4, -0.2) is 30.8 Å². The summed E-state index contributed by atoms with van der Waals surface area (Å²) in [5, 5.41) is 17.1. The molecular formula is C17H17N3O5. The number of oxime groups is 1. The Bertz CT molecular complexity index is 805. The topological polar surface area (TPSA) is 103 Å². The third-order valence-electron chi connectivity index (χ3n) is 3.32. The van der Waals surface area contributed by atoms with Crippen LogP contribution in [0.1, 0.15) is 11.1 Å². The van der Waals surface area contributed by atoms with Gasteiger partial charge in [0.2, 0.25) is 0 Å². The van der Waals surface area contributed by atoms with Gasteiger partial charge in [-0.2, -0.15) is 0 Å². The quantitative estimate of drug-likeness (QED) is 0.473. The molecule has 0 saturated carbocycles. The highest BCUT2D eigenvalue weighted by atomic mass is 16.6. The molecule has 1 amide bonds. The number of nitro benzene ring substituents is 1. The normalized spacial score (nSPS) is 10.5. The molecule has 0 radical (unpaired) electrons. The highest BCUT2D eigenvalue weighted by Crippen LogP contribution is 2.28. The van der Waals surface area contributed by atoms with Crippen molar-refractivity contribution >= 4 is 23.5 Å². The maximum atomic E-state index is 11.9. The summed E-state index contributed by atoms with van der Waals surface area (Å²) in [5.41, 5.74) is 2.10. The zero-order chi connectivity index (χ0) is 18.2. The summed E-state index contributed by atoms with van der Waals surface area (Å²) in [7, 11) is 1.36. The van der Waals surface area contributed by atoms with Crippen LogP contribution in [0.25, 0.3) is 0 Å². The fraction of sp³-hybridized carbons (Fsp3) is 0.176. The number of carbonyl (C=O) groups is 1. The van der Waals surface area contributed by atoms with E-state index in [4.69, 9.17) is 9.57 Å². The number of nitro groups is 1. The van der Waals surface area contributed by atoms with E-state index in [9.17, 15) is 14.9 Å². The first-order valence-electron chi connectivity index (χ1n) is 7.34. The molecule has 8 nitrogen and oxygen atoms in total. The summed E-state index contributed by atoms with van der Waals surface area (Å²) < 4.78 is 5.04. The molecule has 0 spiro atoms. The molecule has 0 fully saturated rings. The summed E-state index contributed by atoms with van der Waals surface area (Å²) in [5.74, 6) is -0.278. The van der Waals surface area contributed by atoms with E-state index in [1.807, 2.05) is 31.2 Å². The first-order valence-corrected chi connectivity index (χ1v) is 7.34. The molecule has 0 heterocycles. The minimum Gasteiger partial charge on any atom is -0.494 e. The first-order chi connectivity index (χ1) is 12.0. The lowest BCUT2D eigenvalue weighted by molar-refractivity contribution is -0.384. The maximum Gasteiger partial charge on any atom is 0.273 e. The molecule has 0 aromatic heterocycles. The van der Waals surface area contributed by atoms with E-state index < -0.39 is 10.8 Å². The minimum atomic E-state index is -0.544. The number of aryl methyl sites for hydroxylation is 1. The molecule has 130 valence electrons. The van der Waals surface area contributed by atoms with Crippen LogP contribution < -0.4 is 10.1 Å². The Kier molecular flexibility index (Phi) is 6.05. The summed E-state index contributed by atoms with van der Waals surface area (Å²) >= 11 is 0. The van der Waals surface area contributed by atoms with Gasteiger partial charge in [0.15, 0.2) is 6.61 Å². The standard InChI is InChI=1S/C17H17N3O5/c1-12-5-3-4-6-13(12)10-18-25-11-17(21)19-15-8-7-14(20(22)23)9-16(15)24-2/h3-10H,11H2,1-2H3,(H,19,21)/b18-10-. The number of hydrogen-bond donors (Lipinski definition) is 1. The van der Waals surface area contributed by atoms with Crippen molar-refractivity contribution in [3.63, 3.8) is 0 Å². The lowest BCUT2D eigenvalue weighted by atomic mass is 10.1. The van der Waals surface area contributed by atoms with Gasteiger partial charge in [0.05, 0.1) is 30.0 Å². The van der Waals surface area contributed by atoms with Crippen molar-refractivity contribution in [2.24, 2.45) is 5.16 Å². The van der Waals surface area contributed by atoms with Crippen molar-refractivity contribution in [3.05, 3.63) is 63.7 Å². The van der Waals surface area contributed by atoms with Gasteiger partial charge in [-0.3, -0.25) is 14.9 Å². The monoisotopic (exact) mass is 343 g/mol. The zero-order valence-electron chi connectivity index (χ0n) is 13.8. The van der Waals surface area contributed by atoms with Gasteiger partial charge in [0.1, 0.15) is 5.75 Å². The Labute approximate surface area is 144 Å². The second-order valence-corrected chi connectivity index (χ2v) is 5.05. The Morgan fingerprint density at radius 2 is 2.08 bits per heavy atom. The zero-order valence-corrected chi connectivity index (χ0v) is 13.8. The molecule has 0 atom stereocenters. The molecule has 0 unspecified atom stereocenters. The maximum absolute atomic E-state index is 11.9. The molecule has 8 heteroatoms. The van der Waals surface area contributed by atoms with Crippen LogP contribution in [0.5, 0.6) is 5.75 Å². The molecule has 0 aliphatic carbocycles. The summed E-state index contributed by atoms with van der Waals surface area (Å²) in [6.45, 7) is 1.64. The van der Waals surface area contributed by atoms with Gasteiger partial charge in [-0.25, -0.2) is 0 Å². The fourth-order valence-electron chi connectivity index (χ4n) is 2.00. The summed E-state index contributed by atoms with van der Waals surface area (Å²) in [6.07, 6.45) is 1.52. The number of ether oxygens (including phenoxy) is 1. The summed E-state index contributed by atoms with van der Waals surface area (Å²) in [6, 6.07) is 11.5. The van der Waals surface area contributed by atoms with E-state index >= 15 is 0 Å². The molecule has 2 rings (SSSR count). The molecule has 0 saturated heterocycles. The van der Waals surface area contributed by atoms with E-state index in [1.165, 1.54) is 31.5 Å². The highest BCUT2D eigenvalue weighted by molar-refractivity contribution is 5.93. The Morgan fingerprint density at radius 1 is 1.32 bits per heavy atom. The minimum absolute atomic E-state index is 0.131. The van der Waals surface area contributed by atoms with Gasteiger partial charge in [-0.1, -0.05) is 29.4 Å². The Balaban J connectivity index is 1.92. The molecule has 2 aromatic carbocycles. The average Bonchev–Trinajstić information content (AvgIpc) is 2.60. The summed E-state index contributed by atoms with van der Waals surface area (Å²) in [4.78, 5) is 27.0. The number of methoxy groups -OCH3 is 1. The van der Waals surface area contributed by atoms with Gasteiger partial charge < -0.3 is 14.9 Å². The molecular weight excluding hydrogens is 326 g/mol. The van der Waals surface area contributed by atoms with Crippen molar-refractivity contribution in [1.29, 1.82) is 0 Å². The van der Waals surface area contributed by atoms with E-state index in [1.54, 1.807) is 0 Å². The molecule has 0 bridgehead atoms. The van der Waals surface area contributed by atoms with E-state index in [-0.39, 0.29) is 18.0 Å². The molecule has 1 N–H and O–H groups in total. The SMILES string of the molecule is COc1cc([N+](=O)[O-])ccc1NC(=O)CO/N=C\c1ccccc1C. The van der Waals surface area contributed by atoms with Gasteiger partial charge in [0.25, 0.3) is 11.6 Å². The van der Waals surface area contributed by atoms with Crippen LogP contribution >= 0.6 is 0 Å². The van der Waals surface area contributed by atoms with E-state index in [0.29, 0.717) is 5.69 Å². The van der Waals surface area contributed by atoms with Crippen LogP contribution in [0.4, 0.5) is 11.4 Å². The van der Waals surface area contributed by atoms with Crippen LogP contribution in [0.2, 0.25) is 0 Å². The Hall–Kier alpha value is -3.42. The third-order valence-corrected chi connectivity index (χ3v) is 3.32. The number of nitrogens with zero attached hydrogens (tertiary/aromatic N) is 2. The van der Waals surface area contributed by atoms with Crippen LogP contribution in [0.3, 0.4) is 0 Å². The lowest BCUT2D eigenvalue weighted by Crippen LogP contribution is -2.17. The average molecular weight is 343 g/mol. The van der Waals surface area contributed by atoms with Gasteiger partial charge in [-0.05, 0) is 24.1 Å². The molecule has 0 aliphatic rings. The van der Waals surface area contributed by atoms with Gasteiger partial charge in [-0.15, -0.1) is 0 Å². The van der Waals surface area contributed by atoms with Crippen molar-refractivity contribution in [3.8, 4) is 5.75 Å². The predicted molar refractivity (Wildman–Crippen MR) is 93.0 cm³/mol. The van der Waals surface area contributed by atoms with Crippen molar-refractivity contribution in [2.45, 2.75) is 6.92 Å². The largest absolute Gasteiger partial charge is 0.494 e. The molecule has 0 aliphatic heterocycles. The van der Waals surface area contributed by atoms with E-state index in [0.717, 1.165) is 11.1 Å². The second-order valence-electron chi connectivity index (χ2n) is 5.05. The number of non-ortho nitro benzene ring substituents is 1. The number of hydrogen-bond acceptors (Lipinski definition) is 6. The van der Waals surface area contributed by atoms with E-state index in [2.05, 4.69) is 10.5 Å². The second kappa shape index (κ2) is 8.44. The highest BCUT2D eigenvalue weighted by Gasteiger charge is 2.13. The van der Waals surface area contributed by atoms with Crippen LogP contribution in [-0.2, 0) is 9.63 Å². The number of benzene rings is 2. The smallest absolute Gasteiger partial charge is 0.273 e. The third kappa shape index (κ3) is 5.03. The predicted octanol–water partition coefficient (Wildman–Crippen LogP) is 2.90. The molecule has 25 heavy (non-hydrogen) atoms. The number of anilines is 1. The van der Waals surface area contributed by atoms with Gasteiger partial charge >= 0.3 is 0 Å². The molecule has 2 aromatic rings. The van der Waals surface area contributed by atoms with Crippen LogP contribution in [0, 0.1) is 17.0 Å². The number of nitrogens with one attached hydrogen (secondary N) is 1. The van der Waals surface area contributed by atoms with Crippen molar-refractivity contribution in [1.82, 2.24) is 0 Å².